The maximum atomic E-state index is 14.7. The van der Waals surface area contributed by atoms with Crippen LogP contribution in [-0.4, -0.2) is 143 Å². The summed E-state index contributed by atoms with van der Waals surface area (Å²) in [7, 11) is 4.14. The summed E-state index contributed by atoms with van der Waals surface area (Å²) in [6, 6.07) is 39.1. The van der Waals surface area contributed by atoms with Crippen molar-refractivity contribution in [2.75, 3.05) is 39.5 Å². The zero-order chi connectivity index (χ0) is 58.1. The van der Waals surface area contributed by atoms with Gasteiger partial charge in [0.15, 0.2) is 0 Å². The van der Waals surface area contributed by atoms with E-state index in [1.807, 2.05) is 146 Å². The van der Waals surface area contributed by atoms with Gasteiger partial charge in [0.1, 0.15) is 24.2 Å². The van der Waals surface area contributed by atoms with Gasteiger partial charge in [0.2, 0.25) is 35.4 Å². The average molecular weight is 1130 g/mol. The number of carbonyl (C=O) groups is 8. The van der Waals surface area contributed by atoms with Crippen molar-refractivity contribution in [1.82, 2.24) is 56.8 Å². The van der Waals surface area contributed by atoms with Gasteiger partial charge in [-0.2, -0.15) is 0 Å². The van der Waals surface area contributed by atoms with Crippen LogP contribution in [0.5, 0.6) is 0 Å². The van der Waals surface area contributed by atoms with E-state index in [9.17, 15) is 38.4 Å². The first-order valence-electron chi connectivity index (χ1n) is 28.3. The molecule has 5 aromatic rings. The first-order valence-corrected chi connectivity index (χ1v) is 29.1. The number of carbonyl (C=O) groups excluding carboxylic acids is 8. The predicted octanol–water partition coefficient (Wildman–Crippen LogP) is 5.10. The number of likely N-dealkylation sites (tertiary alicyclic amines) is 1. The number of nitrogens with zero attached hydrogens (tertiary/aromatic N) is 4. The minimum atomic E-state index is -1.14. The first-order chi connectivity index (χ1) is 39.8. The lowest BCUT2D eigenvalue weighted by atomic mass is 9.98. The highest BCUT2D eigenvalue weighted by atomic mass is 31.0. The second-order valence-electron chi connectivity index (χ2n) is 21.0. The number of amides is 10. The van der Waals surface area contributed by atoms with E-state index < -0.39 is 72.1 Å². The second-order valence-corrected chi connectivity index (χ2v) is 21.4. The fourth-order valence-electron chi connectivity index (χ4n) is 11.0. The normalized spacial score (nSPS) is 18.6. The van der Waals surface area contributed by atoms with Crippen molar-refractivity contribution >= 4 is 56.7 Å². The number of fused-ring (bicyclic) bond motifs is 1. The molecule has 3 aliphatic heterocycles. The molecule has 3 fully saturated rings. The van der Waals surface area contributed by atoms with Gasteiger partial charge in [-0.05, 0) is 79.5 Å². The molecule has 82 heavy (non-hydrogen) atoms. The lowest BCUT2D eigenvalue weighted by molar-refractivity contribution is -0.145. The summed E-state index contributed by atoms with van der Waals surface area (Å²) in [6.07, 6.45) is 2.61. The summed E-state index contributed by atoms with van der Waals surface area (Å²) >= 11 is 0. The number of nitrogens with one attached hydrogen (secondary N) is 7. The molecule has 7 N–H and O–H groups in total. The van der Waals surface area contributed by atoms with E-state index in [0.717, 1.165) is 33.4 Å². The molecule has 432 valence electrons. The van der Waals surface area contributed by atoms with Crippen LogP contribution in [0.4, 0.5) is 9.59 Å². The summed E-state index contributed by atoms with van der Waals surface area (Å²) in [6.45, 7) is 3.81. The molecule has 2 unspecified atom stereocenters. The highest BCUT2D eigenvalue weighted by molar-refractivity contribution is 7.16. The van der Waals surface area contributed by atoms with Crippen LogP contribution in [0.2, 0.25) is 0 Å². The molecular formula is C62H76N11O8P. The summed E-state index contributed by atoms with van der Waals surface area (Å²) in [4.78, 5) is 118. The summed E-state index contributed by atoms with van der Waals surface area (Å²) in [5.74, 6) is -2.32. The van der Waals surface area contributed by atoms with Crippen molar-refractivity contribution in [3.63, 3.8) is 0 Å². The molecule has 5 aromatic carbocycles. The molecule has 0 spiro atoms. The number of hydrogen-bond acceptors (Lipinski definition) is 9. The summed E-state index contributed by atoms with van der Waals surface area (Å²) < 4.78 is 0. The Morgan fingerprint density at radius 1 is 0.646 bits per heavy atom. The Balaban J connectivity index is 0.883. The van der Waals surface area contributed by atoms with Crippen LogP contribution in [0.25, 0.3) is 0 Å². The van der Waals surface area contributed by atoms with Gasteiger partial charge < -0.3 is 56.8 Å². The van der Waals surface area contributed by atoms with Crippen molar-refractivity contribution in [3.05, 3.63) is 179 Å². The highest BCUT2D eigenvalue weighted by Gasteiger charge is 2.46. The number of likely N-dealkylation sites (N-methyl/N-ethyl adjacent to an activating group) is 1. The highest BCUT2D eigenvalue weighted by Crippen LogP contribution is 2.32. The van der Waals surface area contributed by atoms with Crippen LogP contribution in [0, 0.1) is 0 Å². The van der Waals surface area contributed by atoms with E-state index in [-0.39, 0.29) is 69.2 Å². The molecule has 0 aromatic heterocycles. The Bertz CT molecular complexity index is 2920. The van der Waals surface area contributed by atoms with E-state index in [1.165, 1.54) is 14.7 Å². The topological polar surface area (TPSA) is 234 Å². The lowest BCUT2D eigenvalue weighted by Gasteiger charge is -2.39. The van der Waals surface area contributed by atoms with Gasteiger partial charge in [0.05, 0.1) is 31.2 Å². The van der Waals surface area contributed by atoms with Gasteiger partial charge in [-0.15, -0.1) is 9.24 Å². The van der Waals surface area contributed by atoms with Gasteiger partial charge >= 0.3 is 12.1 Å². The van der Waals surface area contributed by atoms with E-state index in [2.05, 4.69) is 46.5 Å². The van der Waals surface area contributed by atoms with E-state index >= 15 is 0 Å². The van der Waals surface area contributed by atoms with Gasteiger partial charge in [0.25, 0.3) is 0 Å². The molecule has 0 bridgehead atoms. The zero-order valence-electron chi connectivity index (χ0n) is 46.8. The minimum Gasteiger partial charge on any atom is -0.343 e. The van der Waals surface area contributed by atoms with E-state index in [4.69, 9.17) is 0 Å². The Labute approximate surface area is 482 Å². The first kappa shape index (κ1) is 60.0. The minimum absolute atomic E-state index is 0.0941. The maximum absolute atomic E-state index is 14.7. The Kier molecular flexibility index (Phi) is 21.2. The zero-order valence-corrected chi connectivity index (χ0v) is 48.0. The van der Waals surface area contributed by atoms with Gasteiger partial charge in [-0.3, -0.25) is 28.8 Å². The Morgan fingerprint density at radius 2 is 1.18 bits per heavy atom. The van der Waals surface area contributed by atoms with Crippen LogP contribution in [-0.2, 0) is 41.9 Å². The quantitative estimate of drug-likeness (QED) is 0.0484. The van der Waals surface area contributed by atoms with Crippen LogP contribution in [0.15, 0.2) is 146 Å². The molecule has 8 rings (SSSR count). The van der Waals surface area contributed by atoms with Gasteiger partial charge in [-0.25, -0.2) is 9.59 Å². The molecule has 19 nitrogen and oxygen atoms in total. The monoisotopic (exact) mass is 1130 g/mol. The van der Waals surface area contributed by atoms with E-state index in [1.54, 1.807) is 25.8 Å². The van der Waals surface area contributed by atoms with Crippen molar-refractivity contribution < 1.29 is 38.4 Å². The molecule has 10 amide bonds. The van der Waals surface area contributed by atoms with Crippen LogP contribution < -0.4 is 37.2 Å². The lowest BCUT2D eigenvalue weighted by Crippen LogP contribution is -2.63. The third-order valence-corrected chi connectivity index (χ3v) is 16.1. The number of benzene rings is 5. The molecule has 3 saturated heterocycles. The smallest absolute Gasteiger partial charge is 0.318 e. The van der Waals surface area contributed by atoms with Crippen molar-refractivity contribution in [2.45, 2.75) is 114 Å². The number of hydrogen-bond donors (Lipinski definition) is 7. The second kappa shape index (κ2) is 29.0. The third kappa shape index (κ3) is 15.2. The number of rotatable bonds is 21. The van der Waals surface area contributed by atoms with Crippen LogP contribution in [0.1, 0.15) is 97.8 Å². The van der Waals surface area contributed by atoms with Gasteiger partial charge in [0, 0.05) is 44.9 Å². The number of urea groups is 2. The average Bonchev–Trinajstić information content (AvgIpc) is 4.22. The molecule has 3 aliphatic rings. The fraction of sp³-hybridized carbons (Fsp3) is 0.387. The summed E-state index contributed by atoms with van der Waals surface area (Å²) in [5.41, 5.74) is 5.02. The molecule has 3 heterocycles. The SMILES string of the molecule is CCC(=O)N[C@@H](CN(CP)C(=O)NCc1cccc(CNC(=O)N2CC[C@H]3CC[C@@H](C(=O)NC(c4ccccc4)c4ccccc4)N3C(=O)[C@@H](NC(=O)[C@H](C)NC)C2)c1)C(=O)N1CCCC1C(=O)NC(c1ccccc1)c1ccccc1. The van der Waals surface area contributed by atoms with Crippen molar-refractivity contribution in [2.24, 2.45) is 0 Å². The molecule has 0 saturated carbocycles. The molecule has 0 radical (unpaired) electrons. The Morgan fingerprint density at radius 3 is 1.71 bits per heavy atom. The van der Waals surface area contributed by atoms with Crippen LogP contribution in [0.3, 0.4) is 0 Å². The van der Waals surface area contributed by atoms with Gasteiger partial charge in [-0.1, -0.05) is 153 Å². The van der Waals surface area contributed by atoms with Crippen LogP contribution >= 0.6 is 9.24 Å². The standard InChI is InChI=1S/C62H76N11O8P/c1-4-53(74)66-49(59(78)72-33-18-29-51(72)57(76)68-54(44-21-9-5-10-22-44)45-23-11-6-12-24-45)39-71(40-82)62(81)65-37-43-20-17-19-42(35-43)36-64-61(80)70-34-32-48-30-31-52(73(48)60(79)50(38-70)67-56(75)41(2)63-3)58(77)69-55(46-25-13-7-14-26-46)47-27-15-8-16-28-47/h5-17,19-28,35,41,48-52,54-55,63H,4,18,29-34,36-40,82H2,1-3H3,(H,64,80)(H,65,81)(H,66,74)(H,67,75)(H,68,76)(H,69,77)/t41-,48+,49-,50-,51?,52-/m0/s1. The largest absolute Gasteiger partial charge is 0.343 e. The predicted molar refractivity (Wildman–Crippen MR) is 315 cm³/mol. The third-order valence-electron chi connectivity index (χ3n) is 15.6. The van der Waals surface area contributed by atoms with Crippen molar-refractivity contribution in [3.8, 4) is 0 Å². The van der Waals surface area contributed by atoms with E-state index in [0.29, 0.717) is 38.6 Å². The molecule has 20 heteroatoms. The molecular weight excluding hydrogens is 1060 g/mol. The van der Waals surface area contributed by atoms with Crippen molar-refractivity contribution in [1.29, 1.82) is 0 Å². The molecule has 7 atom stereocenters. The summed E-state index contributed by atoms with van der Waals surface area (Å²) in [5, 5.41) is 20.9. The fourth-order valence-corrected chi connectivity index (χ4v) is 11.3. The maximum Gasteiger partial charge on any atom is 0.318 e. The molecule has 0 aliphatic carbocycles. The Hall–Kier alpha value is -8.15.